The molecule has 0 amide bonds. The number of benzene rings is 1. The van der Waals surface area contributed by atoms with Crippen molar-refractivity contribution in [2.75, 3.05) is 6.54 Å². The number of nitrogens with one attached hydrogen (secondary N) is 2. The number of hydrogen-bond donors (Lipinski definition) is 2. The topological polar surface area (TPSA) is 27.8 Å². The Kier molecular flexibility index (Phi) is 2.28. The van der Waals surface area contributed by atoms with Crippen LogP contribution >= 0.6 is 0 Å². The molecular formula is C16H20N2. The largest absolute Gasteiger partial charge is 0.357 e. The summed E-state index contributed by atoms with van der Waals surface area (Å²) in [5, 5.41) is 5.10. The molecule has 0 atom stereocenters. The number of H-pyrrole nitrogens is 1. The molecule has 2 heterocycles. The van der Waals surface area contributed by atoms with Crippen molar-refractivity contribution in [3.8, 4) is 0 Å². The van der Waals surface area contributed by atoms with Gasteiger partial charge in [0.1, 0.15) is 0 Å². The van der Waals surface area contributed by atoms with Gasteiger partial charge in [0.25, 0.3) is 0 Å². The molecule has 1 fully saturated rings. The van der Waals surface area contributed by atoms with E-state index in [2.05, 4.69) is 34.6 Å². The summed E-state index contributed by atoms with van der Waals surface area (Å²) in [6, 6.07) is 8.82. The molecule has 1 aliphatic carbocycles. The molecule has 0 bridgehead atoms. The molecule has 1 aliphatic heterocycles. The summed E-state index contributed by atoms with van der Waals surface area (Å²) in [4.78, 5) is 3.63. The van der Waals surface area contributed by atoms with Crippen LogP contribution in [0.1, 0.15) is 43.4 Å². The van der Waals surface area contributed by atoms with Crippen LogP contribution in [0.4, 0.5) is 0 Å². The second-order valence-electron chi connectivity index (χ2n) is 5.97. The summed E-state index contributed by atoms with van der Waals surface area (Å²) in [6.45, 7) is 2.17. The molecule has 2 aliphatic rings. The first-order valence-electron chi connectivity index (χ1n) is 7.20. The zero-order valence-electron chi connectivity index (χ0n) is 10.8. The fraction of sp³-hybridized carbons (Fsp3) is 0.500. The second kappa shape index (κ2) is 3.86. The molecule has 0 radical (unpaired) electrons. The number of aromatic nitrogens is 1. The van der Waals surface area contributed by atoms with Crippen LogP contribution in [0.3, 0.4) is 0 Å². The van der Waals surface area contributed by atoms with Gasteiger partial charge in [-0.25, -0.2) is 0 Å². The lowest BCUT2D eigenvalue weighted by atomic mass is 9.67. The van der Waals surface area contributed by atoms with Crippen LogP contribution in [-0.2, 0) is 12.0 Å². The van der Waals surface area contributed by atoms with E-state index in [9.17, 15) is 0 Å². The molecule has 18 heavy (non-hydrogen) atoms. The highest BCUT2D eigenvalue weighted by Crippen LogP contribution is 2.45. The van der Waals surface area contributed by atoms with Crippen molar-refractivity contribution >= 4 is 10.9 Å². The number of rotatable bonds is 0. The number of fused-ring (bicyclic) bond motifs is 4. The fourth-order valence-corrected chi connectivity index (χ4v) is 4.11. The highest BCUT2D eigenvalue weighted by Gasteiger charge is 2.39. The molecule has 2 N–H and O–H groups in total. The van der Waals surface area contributed by atoms with Gasteiger partial charge < -0.3 is 10.3 Å². The molecule has 94 valence electrons. The van der Waals surface area contributed by atoms with E-state index < -0.39 is 0 Å². The van der Waals surface area contributed by atoms with Crippen molar-refractivity contribution in [3.05, 3.63) is 35.5 Å². The molecule has 1 aromatic heterocycles. The van der Waals surface area contributed by atoms with Gasteiger partial charge in [-0.05, 0) is 24.5 Å². The molecule has 2 heteroatoms. The number of aromatic amines is 1. The highest BCUT2D eigenvalue weighted by atomic mass is 14.9. The highest BCUT2D eigenvalue weighted by molar-refractivity contribution is 5.86. The predicted molar refractivity (Wildman–Crippen MR) is 74.8 cm³/mol. The molecule has 2 nitrogen and oxygen atoms in total. The molecule has 0 unspecified atom stereocenters. The Balaban J connectivity index is 1.96. The average Bonchev–Trinajstić information content (AvgIpc) is 2.79. The van der Waals surface area contributed by atoms with E-state index in [-0.39, 0.29) is 0 Å². The van der Waals surface area contributed by atoms with Gasteiger partial charge >= 0.3 is 0 Å². The standard InChI is InChI=1S/C16H20N2/c1-4-8-16(9-5-1)11-17-10-14-15(16)12-6-2-3-7-13(12)18-14/h2-3,6-7,17-18H,1,4-5,8-11H2. The monoisotopic (exact) mass is 240 g/mol. The van der Waals surface area contributed by atoms with Crippen LogP contribution in [-0.4, -0.2) is 11.5 Å². The Bertz CT molecular complexity index is 576. The van der Waals surface area contributed by atoms with Crippen LogP contribution in [0.15, 0.2) is 24.3 Å². The third-order valence-corrected chi connectivity index (χ3v) is 4.89. The minimum Gasteiger partial charge on any atom is -0.357 e. The third kappa shape index (κ3) is 1.39. The molecule has 2 aromatic rings. The first kappa shape index (κ1) is 10.6. The third-order valence-electron chi connectivity index (χ3n) is 4.89. The van der Waals surface area contributed by atoms with Gasteiger partial charge in [-0.2, -0.15) is 0 Å². The van der Waals surface area contributed by atoms with Crippen molar-refractivity contribution < 1.29 is 0 Å². The minimum absolute atomic E-state index is 0.408. The molecule has 0 saturated heterocycles. The van der Waals surface area contributed by atoms with Crippen molar-refractivity contribution in [1.29, 1.82) is 0 Å². The van der Waals surface area contributed by atoms with Gasteiger partial charge in [0.2, 0.25) is 0 Å². The normalized spacial score (nSPS) is 22.2. The van der Waals surface area contributed by atoms with Crippen LogP contribution in [0.5, 0.6) is 0 Å². The smallest absolute Gasteiger partial charge is 0.0459 e. The summed E-state index contributed by atoms with van der Waals surface area (Å²) in [7, 11) is 0. The fourth-order valence-electron chi connectivity index (χ4n) is 4.11. The Morgan fingerprint density at radius 2 is 1.83 bits per heavy atom. The van der Waals surface area contributed by atoms with Gasteiger partial charge in [-0.15, -0.1) is 0 Å². The van der Waals surface area contributed by atoms with Crippen LogP contribution in [0.2, 0.25) is 0 Å². The summed E-state index contributed by atoms with van der Waals surface area (Å²) < 4.78 is 0. The lowest BCUT2D eigenvalue weighted by Crippen LogP contribution is -2.44. The summed E-state index contributed by atoms with van der Waals surface area (Å²) in [5.41, 5.74) is 4.79. The van der Waals surface area contributed by atoms with E-state index in [1.165, 1.54) is 55.2 Å². The Morgan fingerprint density at radius 3 is 2.72 bits per heavy atom. The average molecular weight is 240 g/mol. The van der Waals surface area contributed by atoms with Gasteiger partial charge in [0, 0.05) is 35.1 Å². The molecule has 4 rings (SSSR count). The molecule has 1 saturated carbocycles. The van der Waals surface area contributed by atoms with Crippen LogP contribution in [0.25, 0.3) is 10.9 Å². The minimum atomic E-state index is 0.408. The Morgan fingerprint density at radius 1 is 1.00 bits per heavy atom. The van der Waals surface area contributed by atoms with Crippen molar-refractivity contribution in [2.24, 2.45) is 0 Å². The van der Waals surface area contributed by atoms with Gasteiger partial charge in [0.15, 0.2) is 0 Å². The maximum atomic E-state index is 3.63. The van der Waals surface area contributed by atoms with Crippen molar-refractivity contribution in [1.82, 2.24) is 10.3 Å². The number of para-hydroxylation sites is 1. The second-order valence-corrected chi connectivity index (χ2v) is 5.97. The lowest BCUT2D eigenvalue weighted by molar-refractivity contribution is 0.266. The van der Waals surface area contributed by atoms with E-state index in [4.69, 9.17) is 0 Å². The van der Waals surface area contributed by atoms with E-state index >= 15 is 0 Å². The van der Waals surface area contributed by atoms with E-state index in [0.717, 1.165) is 6.54 Å². The quantitative estimate of drug-likeness (QED) is 0.725. The zero-order valence-corrected chi connectivity index (χ0v) is 10.8. The van der Waals surface area contributed by atoms with E-state index in [1.807, 2.05) is 0 Å². The SMILES string of the molecule is c1ccc2c3c([nH]c2c1)CNCC31CCCCC1. The van der Waals surface area contributed by atoms with Gasteiger partial charge in [-0.1, -0.05) is 37.5 Å². The Hall–Kier alpha value is -1.28. The summed E-state index contributed by atoms with van der Waals surface area (Å²) >= 11 is 0. The zero-order chi connectivity index (χ0) is 12.0. The Labute approximate surface area is 108 Å². The predicted octanol–water partition coefficient (Wildman–Crippen LogP) is 3.47. The lowest BCUT2D eigenvalue weighted by Gasteiger charge is -2.41. The maximum Gasteiger partial charge on any atom is 0.0459 e. The molecule has 1 aromatic carbocycles. The molecule has 1 spiro atoms. The summed E-state index contributed by atoms with van der Waals surface area (Å²) in [5.74, 6) is 0. The van der Waals surface area contributed by atoms with E-state index in [0.29, 0.717) is 5.41 Å². The van der Waals surface area contributed by atoms with Gasteiger partial charge in [-0.3, -0.25) is 0 Å². The molecular weight excluding hydrogens is 220 g/mol. The number of hydrogen-bond acceptors (Lipinski definition) is 1. The van der Waals surface area contributed by atoms with Crippen LogP contribution < -0.4 is 5.32 Å². The van der Waals surface area contributed by atoms with E-state index in [1.54, 1.807) is 5.56 Å². The summed E-state index contributed by atoms with van der Waals surface area (Å²) in [6.07, 6.45) is 6.91. The maximum absolute atomic E-state index is 3.63. The van der Waals surface area contributed by atoms with Crippen molar-refractivity contribution in [2.45, 2.75) is 44.1 Å². The first-order valence-corrected chi connectivity index (χ1v) is 7.20. The van der Waals surface area contributed by atoms with Crippen molar-refractivity contribution in [3.63, 3.8) is 0 Å². The van der Waals surface area contributed by atoms with Crippen LogP contribution in [0, 0.1) is 0 Å². The van der Waals surface area contributed by atoms with Gasteiger partial charge in [0.05, 0.1) is 0 Å². The first-order chi connectivity index (χ1) is 8.89.